The second-order valence-corrected chi connectivity index (χ2v) is 8.43. The number of aromatic amines is 1. The molecule has 2 aromatic carbocycles. The van der Waals surface area contributed by atoms with Gasteiger partial charge in [-0.2, -0.15) is 0 Å². The Morgan fingerprint density at radius 2 is 1.67 bits per heavy atom. The van der Waals surface area contributed by atoms with Crippen LogP contribution < -0.4 is 5.32 Å². The Balaban J connectivity index is 0.000000245. The first kappa shape index (κ1) is 26.3. The minimum absolute atomic E-state index is 0.292. The molecule has 0 aliphatic heterocycles. The van der Waals surface area contributed by atoms with Crippen molar-refractivity contribution in [1.82, 2.24) is 10.3 Å². The molecule has 0 aliphatic carbocycles. The summed E-state index contributed by atoms with van der Waals surface area (Å²) in [5.41, 5.74) is 5.77. The second kappa shape index (κ2) is 15.0. The smallest absolute Gasteiger partial charge is 0.0721 e. The fraction of sp³-hybridized carbons (Fsp3) is 0.310. The molecule has 0 saturated carbocycles. The molecule has 4 nitrogen and oxygen atoms in total. The highest BCUT2D eigenvalue weighted by atomic mass is 16.5. The maximum Gasteiger partial charge on any atom is 0.0721 e. The fourth-order valence-electron chi connectivity index (χ4n) is 3.24. The maximum absolute atomic E-state index is 9.69. The summed E-state index contributed by atoms with van der Waals surface area (Å²) >= 11 is 0. The van der Waals surface area contributed by atoms with Crippen LogP contribution in [0.3, 0.4) is 0 Å². The van der Waals surface area contributed by atoms with Crippen LogP contribution in [0.5, 0.6) is 0 Å². The molecule has 176 valence electrons. The lowest BCUT2D eigenvalue weighted by atomic mass is 10.1. The van der Waals surface area contributed by atoms with Crippen LogP contribution in [0.2, 0.25) is 0 Å². The molecule has 3 rings (SSSR count). The van der Waals surface area contributed by atoms with E-state index in [4.69, 9.17) is 4.74 Å². The van der Waals surface area contributed by atoms with Crippen molar-refractivity contribution in [3.05, 3.63) is 107 Å². The van der Waals surface area contributed by atoms with Crippen molar-refractivity contribution in [3.63, 3.8) is 0 Å². The summed E-state index contributed by atoms with van der Waals surface area (Å²) in [4.78, 5) is 3.14. The van der Waals surface area contributed by atoms with E-state index in [9.17, 15) is 5.11 Å². The van der Waals surface area contributed by atoms with Crippen molar-refractivity contribution in [1.29, 1.82) is 0 Å². The van der Waals surface area contributed by atoms with E-state index >= 15 is 0 Å². The van der Waals surface area contributed by atoms with Crippen LogP contribution in [0.25, 0.3) is 12.2 Å². The first-order valence-electron chi connectivity index (χ1n) is 11.5. The highest BCUT2D eigenvalue weighted by Crippen LogP contribution is 2.13. The molecule has 1 atom stereocenters. The molecule has 33 heavy (non-hydrogen) atoms. The average Bonchev–Trinajstić information content (AvgIpc) is 3.26. The third kappa shape index (κ3) is 11.0. The minimum atomic E-state index is -0.292. The predicted octanol–water partition coefficient (Wildman–Crippen LogP) is 5.87. The standard InChI is InChI=1S/C17H19NO.C12H19NO/c1-3-17-16(9-10-18-17)11-14(2)12-19-13-15-7-5-4-6-8-15;1-10(2)13-9-12(14)8-11-6-4-3-5-7-11/h3-11,18H,1,12-13H2,2H3;3-7,10,12-14H,8-9H2,1-2H3/b14-11+;. The van der Waals surface area contributed by atoms with Gasteiger partial charge in [0.25, 0.3) is 0 Å². The molecule has 1 unspecified atom stereocenters. The van der Waals surface area contributed by atoms with E-state index in [1.807, 2.05) is 66.9 Å². The van der Waals surface area contributed by atoms with Crippen LogP contribution in [-0.2, 0) is 17.8 Å². The van der Waals surface area contributed by atoms with Crippen molar-refractivity contribution in [2.24, 2.45) is 0 Å². The molecule has 0 radical (unpaired) electrons. The van der Waals surface area contributed by atoms with Gasteiger partial charge in [0.05, 0.1) is 19.3 Å². The van der Waals surface area contributed by atoms with Gasteiger partial charge in [-0.25, -0.2) is 0 Å². The van der Waals surface area contributed by atoms with Crippen LogP contribution in [0.4, 0.5) is 0 Å². The fourth-order valence-corrected chi connectivity index (χ4v) is 3.24. The Kier molecular flexibility index (Phi) is 12.0. The molecule has 0 aliphatic rings. The summed E-state index contributed by atoms with van der Waals surface area (Å²) in [6, 6.07) is 22.7. The molecule has 0 saturated heterocycles. The molecular formula is C29H38N2O2. The molecule has 0 amide bonds. The van der Waals surface area contributed by atoms with E-state index in [-0.39, 0.29) is 6.10 Å². The highest BCUT2D eigenvalue weighted by Gasteiger charge is 2.05. The van der Waals surface area contributed by atoms with Gasteiger partial charge in [0, 0.05) is 24.5 Å². The van der Waals surface area contributed by atoms with E-state index in [1.165, 1.54) is 16.7 Å². The largest absolute Gasteiger partial charge is 0.391 e. The van der Waals surface area contributed by atoms with E-state index in [1.54, 1.807) is 0 Å². The van der Waals surface area contributed by atoms with Crippen molar-refractivity contribution < 1.29 is 9.84 Å². The molecule has 0 bridgehead atoms. The summed E-state index contributed by atoms with van der Waals surface area (Å²) in [5.74, 6) is 0. The number of aromatic nitrogens is 1. The van der Waals surface area contributed by atoms with E-state index in [0.29, 0.717) is 25.8 Å². The highest BCUT2D eigenvalue weighted by molar-refractivity contribution is 5.63. The predicted molar refractivity (Wildman–Crippen MR) is 140 cm³/mol. The third-order valence-corrected chi connectivity index (χ3v) is 4.94. The van der Waals surface area contributed by atoms with Crippen molar-refractivity contribution in [2.45, 2.75) is 45.9 Å². The van der Waals surface area contributed by atoms with Crippen LogP contribution in [0.15, 0.2) is 85.1 Å². The van der Waals surface area contributed by atoms with Crippen molar-refractivity contribution >= 4 is 12.2 Å². The number of nitrogens with one attached hydrogen (secondary N) is 2. The molecule has 4 heteroatoms. The summed E-state index contributed by atoms with van der Waals surface area (Å²) in [6.07, 6.45) is 6.30. The first-order valence-corrected chi connectivity index (χ1v) is 11.5. The third-order valence-electron chi connectivity index (χ3n) is 4.94. The first-order chi connectivity index (χ1) is 16.0. The summed E-state index contributed by atoms with van der Waals surface area (Å²) in [7, 11) is 0. The Hall–Kier alpha value is -2.92. The molecule has 0 fully saturated rings. The van der Waals surface area contributed by atoms with Crippen LogP contribution in [0, 0.1) is 0 Å². The zero-order valence-electron chi connectivity index (χ0n) is 20.1. The SMILES string of the molecule is C=Cc1[nH]ccc1/C=C(\C)COCc1ccccc1.CC(C)NCC(O)Cc1ccccc1. The number of aliphatic hydroxyl groups excluding tert-OH is 1. The second-order valence-electron chi connectivity index (χ2n) is 8.43. The van der Waals surface area contributed by atoms with Gasteiger partial charge < -0.3 is 20.1 Å². The van der Waals surface area contributed by atoms with Crippen LogP contribution in [-0.4, -0.2) is 35.4 Å². The molecule has 1 heterocycles. The number of rotatable bonds is 11. The molecular weight excluding hydrogens is 408 g/mol. The molecule has 3 N–H and O–H groups in total. The Bertz CT molecular complexity index is 946. The maximum atomic E-state index is 9.69. The van der Waals surface area contributed by atoms with E-state index < -0.39 is 0 Å². The number of H-pyrrole nitrogens is 1. The molecule has 0 spiro atoms. The van der Waals surface area contributed by atoms with E-state index in [0.717, 1.165) is 17.7 Å². The lowest BCUT2D eigenvalue weighted by Crippen LogP contribution is -2.32. The Morgan fingerprint density at radius 3 is 2.27 bits per heavy atom. The van der Waals surface area contributed by atoms with Crippen molar-refractivity contribution in [3.8, 4) is 0 Å². The number of hydrogen-bond donors (Lipinski definition) is 3. The number of benzene rings is 2. The van der Waals surface area contributed by atoms with Crippen molar-refractivity contribution in [2.75, 3.05) is 13.2 Å². The lowest BCUT2D eigenvalue weighted by Gasteiger charge is -2.13. The van der Waals surface area contributed by atoms with E-state index in [2.05, 4.69) is 55.9 Å². The number of aliphatic hydroxyl groups is 1. The molecule has 3 aromatic rings. The van der Waals surface area contributed by atoms with Gasteiger partial charge in [-0.1, -0.05) is 87.2 Å². The monoisotopic (exact) mass is 446 g/mol. The normalized spacial score (nSPS) is 12.2. The van der Waals surface area contributed by atoms with Gasteiger partial charge >= 0.3 is 0 Å². The summed E-state index contributed by atoms with van der Waals surface area (Å²) in [5, 5.41) is 12.9. The average molecular weight is 447 g/mol. The van der Waals surface area contributed by atoms with Crippen LogP contribution in [0.1, 0.15) is 43.2 Å². The van der Waals surface area contributed by atoms with Gasteiger partial charge in [0.15, 0.2) is 0 Å². The van der Waals surface area contributed by atoms with Gasteiger partial charge in [-0.3, -0.25) is 0 Å². The van der Waals surface area contributed by atoms with Crippen LogP contribution >= 0.6 is 0 Å². The topological polar surface area (TPSA) is 57.3 Å². The van der Waals surface area contributed by atoms with Gasteiger partial charge in [0.1, 0.15) is 0 Å². The van der Waals surface area contributed by atoms with Gasteiger partial charge in [-0.05, 0) is 47.8 Å². The summed E-state index contributed by atoms with van der Waals surface area (Å²) in [6.45, 7) is 12.0. The summed E-state index contributed by atoms with van der Waals surface area (Å²) < 4.78 is 5.70. The van der Waals surface area contributed by atoms with Gasteiger partial charge in [-0.15, -0.1) is 0 Å². The lowest BCUT2D eigenvalue weighted by molar-refractivity contribution is 0.143. The Labute approximate surface area is 199 Å². The zero-order chi connectivity index (χ0) is 23.9. The Morgan fingerprint density at radius 1 is 1.03 bits per heavy atom. The minimum Gasteiger partial charge on any atom is -0.391 e. The zero-order valence-corrected chi connectivity index (χ0v) is 20.1. The quantitative estimate of drug-likeness (QED) is 0.345. The number of hydrogen-bond acceptors (Lipinski definition) is 3. The number of ether oxygens (including phenoxy) is 1. The molecule has 1 aromatic heterocycles. The van der Waals surface area contributed by atoms with Gasteiger partial charge in [0.2, 0.25) is 0 Å².